The van der Waals surface area contributed by atoms with Gasteiger partial charge in [-0.1, -0.05) is 25.4 Å². The van der Waals surface area contributed by atoms with E-state index in [-0.39, 0.29) is 17.0 Å². The van der Waals surface area contributed by atoms with Gasteiger partial charge in [-0.05, 0) is 5.92 Å². The molecule has 0 aliphatic carbocycles. The summed E-state index contributed by atoms with van der Waals surface area (Å²) >= 11 is 5.71. The molecular weight excluding hydrogens is 230 g/mol. The maximum Gasteiger partial charge on any atom is 0.240 e. The molecule has 0 radical (unpaired) electrons. The van der Waals surface area contributed by atoms with Gasteiger partial charge in [0.1, 0.15) is 17.0 Å². The number of nitrogens with two attached hydrogens (primary N) is 2. The molecule has 0 bridgehead atoms. The van der Waals surface area contributed by atoms with Crippen LogP contribution >= 0.6 is 11.6 Å². The number of nitrogens with zero attached hydrogens (tertiary/aromatic N) is 2. The summed E-state index contributed by atoms with van der Waals surface area (Å²) in [6.07, 6.45) is 0. The lowest BCUT2D eigenvalue weighted by Crippen LogP contribution is -2.39. The molecule has 0 spiro atoms. The van der Waals surface area contributed by atoms with Gasteiger partial charge in [0.05, 0.1) is 0 Å². The second-order valence-corrected chi connectivity index (χ2v) is 4.09. The monoisotopic (exact) mass is 243 g/mol. The Kier molecular flexibility index (Phi) is 3.89. The molecule has 5 N–H and O–H groups in total. The summed E-state index contributed by atoms with van der Waals surface area (Å²) in [4.78, 5) is 18.8. The van der Waals surface area contributed by atoms with Crippen LogP contribution in [0.3, 0.4) is 0 Å². The van der Waals surface area contributed by atoms with Crippen molar-refractivity contribution < 1.29 is 4.79 Å². The summed E-state index contributed by atoms with van der Waals surface area (Å²) in [6.45, 7) is 3.74. The second-order valence-electron chi connectivity index (χ2n) is 3.70. The number of primary amides is 1. The lowest BCUT2D eigenvalue weighted by atomic mass is 10.0. The normalized spacial score (nSPS) is 12.5. The van der Waals surface area contributed by atoms with E-state index < -0.39 is 11.9 Å². The minimum absolute atomic E-state index is 0.0347. The molecule has 0 aliphatic rings. The minimum atomic E-state index is -0.523. The van der Waals surface area contributed by atoms with Crippen LogP contribution in [0.4, 0.5) is 11.8 Å². The number of carbonyl (C=O) groups excluding carboxylic acids is 1. The van der Waals surface area contributed by atoms with Gasteiger partial charge in [-0.2, -0.15) is 4.98 Å². The number of carbonyl (C=O) groups is 1. The van der Waals surface area contributed by atoms with Crippen LogP contribution in [0.15, 0.2) is 6.07 Å². The molecule has 1 amide bonds. The van der Waals surface area contributed by atoms with Crippen LogP contribution < -0.4 is 16.8 Å². The standard InChI is InChI=1S/C9H14ClN5O/c1-4(2)7(8(11)16)14-6-3-5(10)13-9(12)15-6/h3-4,7H,1-2H3,(H2,11,16)(H3,12,13,14,15). The molecule has 0 aliphatic heterocycles. The van der Waals surface area contributed by atoms with E-state index in [2.05, 4.69) is 15.3 Å². The van der Waals surface area contributed by atoms with Gasteiger partial charge in [0, 0.05) is 6.07 Å². The van der Waals surface area contributed by atoms with Crippen LogP contribution in [0.25, 0.3) is 0 Å². The predicted octanol–water partition coefficient (Wildman–Crippen LogP) is 0.634. The van der Waals surface area contributed by atoms with Crippen molar-refractivity contribution in [2.45, 2.75) is 19.9 Å². The molecule has 0 saturated carbocycles. The van der Waals surface area contributed by atoms with Crippen LogP contribution in [0, 0.1) is 5.92 Å². The molecule has 1 unspecified atom stereocenters. The van der Waals surface area contributed by atoms with Crippen molar-refractivity contribution >= 4 is 29.3 Å². The zero-order valence-corrected chi connectivity index (χ0v) is 9.82. The summed E-state index contributed by atoms with van der Waals surface area (Å²) in [5.74, 6) is 0.00717. The number of rotatable bonds is 4. The Labute approximate surface area is 98.4 Å². The Balaban J connectivity index is 2.89. The summed E-state index contributed by atoms with van der Waals surface area (Å²) in [6, 6.07) is 0.960. The maximum atomic E-state index is 11.2. The van der Waals surface area contributed by atoms with Crippen molar-refractivity contribution in [3.05, 3.63) is 11.2 Å². The van der Waals surface area contributed by atoms with Gasteiger partial charge in [-0.3, -0.25) is 4.79 Å². The number of nitrogens with one attached hydrogen (secondary N) is 1. The number of halogens is 1. The van der Waals surface area contributed by atoms with Gasteiger partial charge in [-0.25, -0.2) is 4.98 Å². The van der Waals surface area contributed by atoms with Gasteiger partial charge in [-0.15, -0.1) is 0 Å². The Morgan fingerprint density at radius 3 is 2.56 bits per heavy atom. The fourth-order valence-corrected chi connectivity index (χ4v) is 1.42. The van der Waals surface area contributed by atoms with Gasteiger partial charge in [0.25, 0.3) is 0 Å². The highest BCUT2D eigenvalue weighted by Crippen LogP contribution is 2.15. The first-order chi connectivity index (χ1) is 7.40. The zero-order chi connectivity index (χ0) is 12.3. The van der Waals surface area contributed by atoms with Crippen molar-refractivity contribution in [3.63, 3.8) is 0 Å². The lowest BCUT2D eigenvalue weighted by Gasteiger charge is -2.19. The molecule has 1 rings (SSSR count). The third kappa shape index (κ3) is 3.23. The Morgan fingerprint density at radius 1 is 1.50 bits per heavy atom. The largest absolute Gasteiger partial charge is 0.368 e. The topological polar surface area (TPSA) is 107 Å². The predicted molar refractivity (Wildman–Crippen MR) is 62.9 cm³/mol. The van der Waals surface area contributed by atoms with Crippen LogP contribution in [-0.4, -0.2) is 21.9 Å². The van der Waals surface area contributed by atoms with Crippen molar-refractivity contribution in [3.8, 4) is 0 Å². The molecule has 6 nitrogen and oxygen atoms in total. The zero-order valence-electron chi connectivity index (χ0n) is 9.07. The minimum Gasteiger partial charge on any atom is -0.368 e. The van der Waals surface area contributed by atoms with E-state index >= 15 is 0 Å². The van der Waals surface area contributed by atoms with E-state index in [4.69, 9.17) is 23.1 Å². The third-order valence-corrected chi connectivity index (χ3v) is 2.18. The van der Waals surface area contributed by atoms with E-state index in [9.17, 15) is 4.79 Å². The van der Waals surface area contributed by atoms with E-state index in [1.54, 1.807) is 0 Å². The van der Waals surface area contributed by atoms with Crippen LogP contribution in [-0.2, 0) is 4.79 Å². The average molecular weight is 244 g/mol. The maximum absolute atomic E-state index is 11.2. The smallest absolute Gasteiger partial charge is 0.240 e. The molecule has 1 atom stereocenters. The van der Waals surface area contributed by atoms with Crippen LogP contribution in [0.5, 0.6) is 0 Å². The molecular formula is C9H14ClN5O. The second kappa shape index (κ2) is 4.98. The first-order valence-corrected chi connectivity index (χ1v) is 5.14. The fourth-order valence-electron chi connectivity index (χ4n) is 1.23. The van der Waals surface area contributed by atoms with E-state index in [0.717, 1.165) is 0 Å². The number of hydrogen-bond donors (Lipinski definition) is 3. The van der Waals surface area contributed by atoms with Crippen LogP contribution in [0.1, 0.15) is 13.8 Å². The molecule has 88 valence electrons. The van der Waals surface area contributed by atoms with E-state index in [1.165, 1.54) is 6.07 Å². The molecule has 0 saturated heterocycles. The Hall–Kier alpha value is -1.56. The molecule has 1 aromatic rings. The van der Waals surface area contributed by atoms with E-state index in [1.807, 2.05) is 13.8 Å². The quantitative estimate of drug-likeness (QED) is 0.673. The van der Waals surface area contributed by atoms with Crippen molar-refractivity contribution in [1.82, 2.24) is 9.97 Å². The molecule has 0 fully saturated rings. The highest BCUT2D eigenvalue weighted by atomic mass is 35.5. The van der Waals surface area contributed by atoms with E-state index in [0.29, 0.717) is 5.82 Å². The van der Waals surface area contributed by atoms with Gasteiger partial charge in [0.15, 0.2) is 0 Å². The Morgan fingerprint density at radius 2 is 2.12 bits per heavy atom. The highest BCUT2D eigenvalue weighted by molar-refractivity contribution is 6.29. The highest BCUT2D eigenvalue weighted by Gasteiger charge is 2.19. The molecule has 1 heterocycles. The molecule has 7 heteroatoms. The van der Waals surface area contributed by atoms with Crippen molar-refractivity contribution in [2.24, 2.45) is 11.7 Å². The summed E-state index contributed by atoms with van der Waals surface area (Å²) in [5.41, 5.74) is 10.7. The number of anilines is 2. The third-order valence-electron chi connectivity index (χ3n) is 1.99. The van der Waals surface area contributed by atoms with Crippen LogP contribution in [0.2, 0.25) is 5.15 Å². The lowest BCUT2D eigenvalue weighted by molar-refractivity contribution is -0.119. The number of aromatic nitrogens is 2. The fraction of sp³-hybridized carbons (Fsp3) is 0.444. The number of hydrogen-bond acceptors (Lipinski definition) is 5. The van der Waals surface area contributed by atoms with Gasteiger partial charge in [0.2, 0.25) is 11.9 Å². The summed E-state index contributed by atoms with van der Waals surface area (Å²) in [5, 5.41) is 3.08. The Bertz CT molecular complexity index is 375. The van der Waals surface area contributed by atoms with Crippen molar-refractivity contribution in [1.29, 1.82) is 0 Å². The first-order valence-electron chi connectivity index (χ1n) is 4.76. The van der Waals surface area contributed by atoms with Gasteiger partial charge < -0.3 is 16.8 Å². The number of amides is 1. The number of nitrogen functional groups attached to an aromatic ring is 1. The molecule has 1 aromatic heterocycles. The SMILES string of the molecule is CC(C)C(Nc1cc(Cl)nc(N)n1)C(N)=O. The molecule has 16 heavy (non-hydrogen) atoms. The average Bonchev–Trinajstić information content (AvgIpc) is 2.11. The summed E-state index contributed by atoms with van der Waals surface area (Å²) < 4.78 is 0. The van der Waals surface area contributed by atoms with Gasteiger partial charge >= 0.3 is 0 Å². The summed E-state index contributed by atoms with van der Waals surface area (Å²) in [7, 11) is 0. The van der Waals surface area contributed by atoms with Crippen molar-refractivity contribution in [2.75, 3.05) is 11.1 Å². The first kappa shape index (κ1) is 12.5. The molecule has 0 aromatic carbocycles.